The van der Waals surface area contributed by atoms with Gasteiger partial charge in [0.15, 0.2) is 13.1 Å². The van der Waals surface area contributed by atoms with Crippen LogP contribution in [-0.2, 0) is 15.0 Å². The molecule has 1 unspecified atom stereocenters. The number of hydrogen-bond acceptors (Lipinski definition) is 3. The lowest BCUT2D eigenvalue weighted by Gasteiger charge is -2.19. The van der Waals surface area contributed by atoms with Gasteiger partial charge >= 0.3 is 0 Å². The summed E-state index contributed by atoms with van der Waals surface area (Å²) in [4.78, 5) is 26.4. The van der Waals surface area contributed by atoms with Crippen LogP contribution in [0.15, 0.2) is 53.4 Å². The number of rotatable bonds is 7. The van der Waals surface area contributed by atoms with Gasteiger partial charge in [0.25, 0.3) is 11.8 Å². The summed E-state index contributed by atoms with van der Waals surface area (Å²) >= 11 is 1.58. The fourth-order valence-electron chi connectivity index (χ4n) is 2.81. The highest BCUT2D eigenvalue weighted by Gasteiger charge is 2.16. The number of carbonyl (C=O) groups is 2. The molecular weight excluding hydrogens is 370 g/mol. The second-order valence-corrected chi connectivity index (χ2v) is 8.78. The van der Waals surface area contributed by atoms with Crippen LogP contribution in [0, 0.1) is 0 Å². The van der Waals surface area contributed by atoms with Gasteiger partial charge < -0.3 is 15.5 Å². The topological polar surface area (TPSA) is 62.6 Å². The van der Waals surface area contributed by atoms with E-state index in [2.05, 4.69) is 31.4 Å². The minimum Gasteiger partial charge on any atom is -0.322 e. The lowest BCUT2D eigenvalue weighted by Crippen LogP contribution is -3.11. The minimum atomic E-state index is -0.113. The van der Waals surface area contributed by atoms with Gasteiger partial charge in [-0.3, -0.25) is 9.59 Å². The minimum absolute atomic E-state index is 0.0785. The number of para-hydroxylation sites is 1. The number of thioether (sulfide) groups is 1. The van der Waals surface area contributed by atoms with Gasteiger partial charge in [0.2, 0.25) is 0 Å². The first kappa shape index (κ1) is 22.0. The molecule has 0 radical (unpaired) electrons. The number of anilines is 2. The molecule has 5 nitrogen and oxygen atoms in total. The fraction of sp³-hybridized carbons (Fsp3) is 0.364. The molecule has 0 spiro atoms. The summed E-state index contributed by atoms with van der Waals surface area (Å²) in [5, 5.41) is 5.82. The van der Waals surface area contributed by atoms with Crippen molar-refractivity contribution >= 4 is 35.0 Å². The first-order valence-electron chi connectivity index (χ1n) is 9.33. The van der Waals surface area contributed by atoms with Gasteiger partial charge in [0.1, 0.15) is 0 Å². The Labute approximate surface area is 171 Å². The number of hydrogen-bond donors (Lipinski definition) is 3. The average molecular weight is 401 g/mol. The quantitative estimate of drug-likeness (QED) is 0.627. The van der Waals surface area contributed by atoms with E-state index in [0.29, 0.717) is 0 Å². The van der Waals surface area contributed by atoms with E-state index in [0.717, 1.165) is 21.2 Å². The van der Waals surface area contributed by atoms with Crippen molar-refractivity contribution in [3.63, 3.8) is 0 Å². The second kappa shape index (κ2) is 9.75. The van der Waals surface area contributed by atoms with Gasteiger partial charge in [0, 0.05) is 10.6 Å². The molecule has 0 fully saturated rings. The van der Waals surface area contributed by atoms with Crippen LogP contribution < -0.4 is 15.5 Å². The van der Waals surface area contributed by atoms with E-state index < -0.39 is 0 Å². The third-order valence-corrected chi connectivity index (χ3v) is 5.14. The number of benzene rings is 2. The Balaban J connectivity index is 1.84. The summed E-state index contributed by atoms with van der Waals surface area (Å²) in [5.41, 5.74) is 2.87. The third kappa shape index (κ3) is 6.69. The van der Waals surface area contributed by atoms with Gasteiger partial charge in [-0.15, -0.1) is 11.8 Å². The zero-order valence-electron chi connectivity index (χ0n) is 17.3. The van der Waals surface area contributed by atoms with E-state index in [-0.39, 0.29) is 30.3 Å². The molecule has 150 valence electrons. The molecule has 3 N–H and O–H groups in total. The third-order valence-electron chi connectivity index (χ3n) is 4.34. The molecule has 0 aliphatic heterocycles. The van der Waals surface area contributed by atoms with E-state index in [1.54, 1.807) is 11.8 Å². The van der Waals surface area contributed by atoms with Crippen LogP contribution in [0.1, 0.15) is 26.3 Å². The van der Waals surface area contributed by atoms with Crippen molar-refractivity contribution in [1.29, 1.82) is 0 Å². The van der Waals surface area contributed by atoms with Crippen LogP contribution in [0.4, 0.5) is 11.4 Å². The molecule has 0 aromatic heterocycles. The van der Waals surface area contributed by atoms with Gasteiger partial charge in [-0.2, -0.15) is 0 Å². The molecule has 0 heterocycles. The Kier molecular flexibility index (Phi) is 7.66. The van der Waals surface area contributed by atoms with Gasteiger partial charge in [-0.05, 0) is 41.5 Å². The van der Waals surface area contributed by atoms with Crippen LogP contribution in [-0.4, -0.2) is 38.2 Å². The van der Waals surface area contributed by atoms with E-state index in [1.165, 1.54) is 5.56 Å². The summed E-state index contributed by atoms with van der Waals surface area (Å²) < 4.78 is 0. The Morgan fingerprint density at radius 3 is 2.07 bits per heavy atom. The van der Waals surface area contributed by atoms with Gasteiger partial charge in [0.05, 0.1) is 12.7 Å². The van der Waals surface area contributed by atoms with Crippen molar-refractivity contribution in [3.05, 3.63) is 54.1 Å². The smallest absolute Gasteiger partial charge is 0.279 e. The number of carbonyl (C=O) groups excluding carboxylic acids is 2. The lowest BCUT2D eigenvalue weighted by atomic mass is 9.87. The maximum Gasteiger partial charge on any atom is 0.279 e. The highest BCUT2D eigenvalue weighted by Crippen LogP contribution is 2.24. The first-order chi connectivity index (χ1) is 13.2. The number of quaternary nitrogens is 1. The molecule has 6 heteroatoms. The largest absolute Gasteiger partial charge is 0.322 e. The average Bonchev–Trinajstić information content (AvgIpc) is 2.61. The Morgan fingerprint density at radius 1 is 0.929 bits per heavy atom. The first-order valence-corrected chi connectivity index (χ1v) is 10.6. The highest BCUT2D eigenvalue weighted by molar-refractivity contribution is 7.98. The summed E-state index contributed by atoms with van der Waals surface area (Å²) in [7, 11) is 1.84. The maximum atomic E-state index is 12.3. The maximum absolute atomic E-state index is 12.3. The molecule has 0 aliphatic carbocycles. The van der Waals surface area contributed by atoms with E-state index in [9.17, 15) is 9.59 Å². The standard InChI is InChI=1S/C22H29N3O2S/c1-22(2,3)16-10-12-17(13-11-16)23-20(26)14-25(4)15-21(27)24-18-8-6-7-9-19(18)28-5/h6-13H,14-15H2,1-5H3,(H,23,26)(H,24,27)/p+1. The SMILES string of the molecule is CSc1ccccc1NC(=O)C[NH+](C)CC(=O)Nc1ccc(C(C)(C)C)cc1. The molecule has 2 aromatic carbocycles. The van der Waals surface area contributed by atoms with Crippen LogP contribution >= 0.6 is 11.8 Å². The van der Waals surface area contributed by atoms with Crippen LogP contribution in [0.2, 0.25) is 0 Å². The molecule has 28 heavy (non-hydrogen) atoms. The van der Waals surface area contributed by atoms with E-state index in [4.69, 9.17) is 0 Å². The fourth-order valence-corrected chi connectivity index (χ4v) is 3.37. The molecule has 1 atom stereocenters. The predicted molar refractivity (Wildman–Crippen MR) is 117 cm³/mol. The monoisotopic (exact) mass is 400 g/mol. The zero-order chi connectivity index (χ0) is 20.7. The Bertz CT molecular complexity index is 813. The zero-order valence-corrected chi connectivity index (χ0v) is 18.1. The Morgan fingerprint density at radius 2 is 1.50 bits per heavy atom. The molecule has 2 amide bonds. The van der Waals surface area contributed by atoms with Crippen LogP contribution in [0.3, 0.4) is 0 Å². The number of amides is 2. The second-order valence-electron chi connectivity index (χ2n) is 7.93. The predicted octanol–water partition coefficient (Wildman–Crippen LogP) is 2.80. The summed E-state index contributed by atoms with van der Waals surface area (Å²) in [5.74, 6) is -0.223. The highest BCUT2D eigenvalue weighted by atomic mass is 32.2. The van der Waals surface area contributed by atoms with Crippen molar-refractivity contribution in [2.75, 3.05) is 37.0 Å². The van der Waals surface area contributed by atoms with Crippen molar-refractivity contribution in [1.82, 2.24) is 0 Å². The van der Waals surface area contributed by atoms with Gasteiger partial charge in [-0.25, -0.2) is 0 Å². The van der Waals surface area contributed by atoms with Crippen molar-refractivity contribution < 1.29 is 14.5 Å². The van der Waals surface area contributed by atoms with E-state index in [1.807, 2.05) is 61.8 Å². The Hall–Kier alpha value is -2.31. The normalized spacial score (nSPS) is 12.3. The van der Waals surface area contributed by atoms with Crippen LogP contribution in [0.5, 0.6) is 0 Å². The number of nitrogens with one attached hydrogen (secondary N) is 3. The number of likely N-dealkylation sites (N-methyl/N-ethyl adjacent to an activating group) is 1. The van der Waals surface area contributed by atoms with Gasteiger partial charge in [-0.1, -0.05) is 45.0 Å². The van der Waals surface area contributed by atoms with Crippen molar-refractivity contribution in [2.45, 2.75) is 31.1 Å². The van der Waals surface area contributed by atoms with E-state index >= 15 is 0 Å². The van der Waals surface area contributed by atoms with Crippen LogP contribution in [0.25, 0.3) is 0 Å². The molecular formula is C22H30N3O2S+. The molecule has 2 rings (SSSR count). The summed E-state index contributed by atoms with van der Waals surface area (Å²) in [6, 6.07) is 15.6. The molecule has 2 aromatic rings. The summed E-state index contributed by atoms with van der Waals surface area (Å²) in [6.45, 7) is 6.91. The molecule has 0 aliphatic rings. The lowest BCUT2D eigenvalue weighted by molar-refractivity contribution is -0.862. The summed E-state index contributed by atoms with van der Waals surface area (Å²) in [6.07, 6.45) is 1.97. The van der Waals surface area contributed by atoms with Crippen molar-refractivity contribution in [3.8, 4) is 0 Å². The molecule has 0 bridgehead atoms. The molecule has 0 saturated heterocycles. The molecule has 0 saturated carbocycles. The van der Waals surface area contributed by atoms with Crippen molar-refractivity contribution in [2.24, 2.45) is 0 Å².